The third kappa shape index (κ3) is 6.83. The first-order valence-corrected chi connectivity index (χ1v) is 12.3. The maximum absolute atomic E-state index is 13.5. The number of nitrogens with one attached hydrogen (secondary N) is 1. The Morgan fingerprint density at radius 2 is 1.68 bits per heavy atom. The highest BCUT2D eigenvalue weighted by molar-refractivity contribution is 6.30. The van der Waals surface area contributed by atoms with Gasteiger partial charge in [0.25, 0.3) is 0 Å². The average molecular weight is 487 g/mol. The summed E-state index contributed by atoms with van der Waals surface area (Å²) < 4.78 is 0. The van der Waals surface area contributed by atoms with Crippen LogP contribution in [0.25, 0.3) is 0 Å². The standard InChI is InChI=1S/C28H37ClN2O2.H2O/c1-19(2)26(30-25(32)17-20(3)21-9-7-6-8-10-21)27(33)31-16-15-24(28(4,5)18-31)22-11-13-23(29)14-12-22;/h6-14,19-20,24,26H,15-18H2,1-5H3,(H,30,32);1H2/t20?,24-,26-;/m1./s1. The Morgan fingerprint density at radius 3 is 2.24 bits per heavy atom. The van der Waals surface area contributed by atoms with Gasteiger partial charge in [-0.25, -0.2) is 0 Å². The van der Waals surface area contributed by atoms with Crippen LogP contribution in [0.15, 0.2) is 54.6 Å². The molecule has 1 fully saturated rings. The molecule has 1 saturated heterocycles. The van der Waals surface area contributed by atoms with Gasteiger partial charge < -0.3 is 15.7 Å². The molecule has 1 unspecified atom stereocenters. The van der Waals surface area contributed by atoms with Crippen molar-refractivity contribution in [3.63, 3.8) is 0 Å². The van der Waals surface area contributed by atoms with Crippen molar-refractivity contribution in [2.24, 2.45) is 11.3 Å². The van der Waals surface area contributed by atoms with Crippen molar-refractivity contribution in [3.8, 4) is 0 Å². The molecule has 3 N–H and O–H groups in total. The summed E-state index contributed by atoms with van der Waals surface area (Å²) in [6.45, 7) is 11.8. The smallest absolute Gasteiger partial charge is 0.245 e. The third-order valence-corrected chi connectivity index (χ3v) is 7.17. The van der Waals surface area contributed by atoms with E-state index in [1.165, 1.54) is 5.56 Å². The summed E-state index contributed by atoms with van der Waals surface area (Å²) in [6.07, 6.45) is 1.26. The van der Waals surface area contributed by atoms with Gasteiger partial charge in [-0.3, -0.25) is 9.59 Å². The summed E-state index contributed by atoms with van der Waals surface area (Å²) >= 11 is 6.07. The maximum atomic E-state index is 13.5. The van der Waals surface area contributed by atoms with Crippen molar-refractivity contribution in [3.05, 3.63) is 70.7 Å². The number of hydrogen-bond donors (Lipinski definition) is 1. The molecule has 2 aromatic rings. The minimum atomic E-state index is -0.511. The molecule has 0 aromatic heterocycles. The molecule has 1 aliphatic heterocycles. The monoisotopic (exact) mass is 486 g/mol. The van der Waals surface area contributed by atoms with E-state index in [0.717, 1.165) is 17.0 Å². The van der Waals surface area contributed by atoms with Crippen LogP contribution in [0, 0.1) is 11.3 Å². The molecular weight excluding hydrogens is 448 g/mol. The lowest BCUT2D eigenvalue weighted by molar-refractivity contribution is -0.140. The van der Waals surface area contributed by atoms with Crippen LogP contribution in [0.2, 0.25) is 5.02 Å². The molecule has 0 bridgehead atoms. The lowest BCUT2D eigenvalue weighted by Gasteiger charge is -2.45. The van der Waals surface area contributed by atoms with Gasteiger partial charge in [-0.15, -0.1) is 0 Å². The zero-order chi connectivity index (χ0) is 24.2. The lowest BCUT2D eigenvalue weighted by atomic mass is 9.70. The van der Waals surface area contributed by atoms with Gasteiger partial charge >= 0.3 is 0 Å². The van der Waals surface area contributed by atoms with Crippen LogP contribution in [0.1, 0.15) is 70.4 Å². The number of carbonyl (C=O) groups excluding carboxylic acids is 2. The Bertz CT molecular complexity index is 944. The van der Waals surface area contributed by atoms with Crippen LogP contribution in [-0.4, -0.2) is 41.3 Å². The van der Waals surface area contributed by atoms with Crippen LogP contribution in [0.5, 0.6) is 0 Å². The van der Waals surface area contributed by atoms with E-state index in [2.05, 4.69) is 31.3 Å². The zero-order valence-electron chi connectivity index (χ0n) is 21.0. The Labute approximate surface area is 209 Å². The number of nitrogens with zero attached hydrogens (tertiary/aromatic N) is 1. The predicted molar refractivity (Wildman–Crippen MR) is 139 cm³/mol. The van der Waals surface area contributed by atoms with Crippen molar-refractivity contribution in [2.45, 2.75) is 65.3 Å². The summed E-state index contributed by atoms with van der Waals surface area (Å²) in [5.41, 5.74) is 2.32. The van der Waals surface area contributed by atoms with Crippen LogP contribution >= 0.6 is 11.6 Å². The Kier molecular flexibility index (Phi) is 9.72. The topological polar surface area (TPSA) is 80.9 Å². The molecule has 0 aliphatic carbocycles. The summed E-state index contributed by atoms with van der Waals surface area (Å²) in [4.78, 5) is 28.3. The van der Waals surface area contributed by atoms with E-state index >= 15 is 0 Å². The largest absolute Gasteiger partial charge is 0.412 e. The van der Waals surface area contributed by atoms with Crippen molar-refractivity contribution in [1.29, 1.82) is 0 Å². The summed E-state index contributed by atoms with van der Waals surface area (Å²) in [6, 6.07) is 17.6. The average Bonchev–Trinajstić information content (AvgIpc) is 2.77. The number of hydrogen-bond acceptors (Lipinski definition) is 2. The third-order valence-electron chi connectivity index (χ3n) is 6.92. The first kappa shape index (κ1) is 27.9. The van der Waals surface area contributed by atoms with E-state index in [9.17, 15) is 9.59 Å². The molecule has 1 heterocycles. The molecule has 0 saturated carbocycles. The fraction of sp³-hybridized carbons (Fsp3) is 0.500. The second-order valence-electron chi connectivity index (χ2n) is 10.4. The van der Waals surface area contributed by atoms with Crippen molar-refractivity contribution in [1.82, 2.24) is 10.2 Å². The maximum Gasteiger partial charge on any atom is 0.245 e. The minimum Gasteiger partial charge on any atom is -0.412 e. The number of benzene rings is 2. The number of carbonyl (C=O) groups is 2. The summed E-state index contributed by atoms with van der Waals surface area (Å²) in [5, 5.41) is 3.78. The molecule has 1 aliphatic rings. The fourth-order valence-electron chi connectivity index (χ4n) is 4.98. The Balaban J connectivity index is 0.00000408. The predicted octanol–water partition coefficient (Wildman–Crippen LogP) is 5.19. The van der Waals surface area contributed by atoms with Crippen molar-refractivity contribution >= 4 is 23.4 Å². The van der Waals surface area contributed by atoms with E-state index in [0.29, 0.717) is 25.4 Å². The van der Waals surface area contributed by atoms with Crippen LogP contribution < -0.4 is 5.32 Å². The van der Waals surface area contributed by atoms with E-state index in [4.69, 9.17) is 11.6 Å². The van der Waals surface area contributed by atoms with Gasteiger partial charge in [0.15, 0.2) is 0 Å². The summed E-state index contributed by atoms with van der Waals surface area (Å²) in [7, 11) is 0. The molecule has 2 aromatic carbocycles. The van der Waals surface area contributed by atoms with E-state index in [1.807, 2.05) is 68.1 Å². The highest BCUT2D eigenvalue weighted by Crippen LogP contribution is 2.42. The van der Waals surface area contributed by atoms with Crippen molar-refractivity contribution in [2.75, 3.05) is 13.1 Å². The SMILES string of the molecule is CC(CC(=O)N[C@@H](C(=O)N1CC[C@H](c2ccc(Cl)cc2)C(C)(C)C1)C(C)C)c1ccccc1.O. The first-order chi connectivity index (χ1) is 15.6. The van der Waals surface area contributed by atoms with Gasteiger partial charge in [0.2, 0.25) is 11.8 Å². The minimum absolute atomic E-state index is 0. The first-order valence-electron chi connectivity index (χ1n) is 12.0. The van der Waals surface area contributed by atoms with Gasteiger partial charge in [0, 0.05) is 24.5 Å². The summed E-state index contributed by atoms with van der Waals surface area (Å²) in [5.74, 6) is 0.424. The zero-order valence-corrected chi connectivity index (χ0v) is 21.7. The van der Waals surface area contributed by atoms with Gasteiger partial charge in [-0.1, -0.05) is 88.7 Å². The van der Waals surface area contributed by atoms with E-state index in [-0.39, 0.29) is 34.5 Å². The van der Waals surface area contributed by atoms with Crippen LogP contribution in [0.3, 0.4) is 0 Å². The molecule has 2 amide bonds. The van der Waals surface area contributed by atoms with Gasteiger partial charge in [0.1, 0.15) is 6.04 Å². The highest BCUT2D eigenvalue weighted by Gasteiger charge is 2.40. The van der Waals surface area contributed by atoms with Crippen LogP contribution in [-0.2, 0) is 9.59 Å². The molecule has 0 radical (unpaired) electrons. The Hall–Kier alpha value is -2.37. The normalized spacial score (nSPS) is 19.1. The van der Waals surface area contributed by atoms with Gasteiger partial charge in [-0.05, 0) is 52.8 Å². The fourth-order valence-corrected chi connectivity index (χ4v) is 5.10. The molecular formula is C28H39ClN2O3. The number of piperidine rings is 1. The molecule has 34 heavy (non-hydrogen) atoms. The van der Waals surface area contributed by atoms with Crippen molar-refractivity contribution < 1.29 is 15.1 Å². The number of halogens is 1. The number of likely N-dealkylation sites (tertiary alicyclic amines) is 1. The van der Waals surface area contributed by atoms with E-state index in [1.54, 1.807) is 0 Å². The molecule has 6 heteroatoms. The van der Waals surface area contributed by atoms with Crippen LogP contribution in [0.4, 0.5) is 0 Å². The molecule has 5 nitrogen and oxygen atoms in total. The Morgan fingerprint density at radius 1 is 1.06 bits per heavy atom. The molecule has 186 valence electrons. The number of amides is 2. The van der Waals surface area contributed by atoms with E-state index < -0.39 is 6.04 Å². The highest BCUT2D eigenvalue weighted by atomic mass is 35.5. The number of rotatable bonds is 7. The second kappa shape index (κ2) is 11.9. The van der Waals surface area contributed by atoms with Gasteiger partial charge in [0.05, 0.1) is 0 Å². The molecule has 3 atom stereocenters. The molecule has 0 spiro atoms. The lowest BCUT2D eigenvalue weighted by Crippen LogP contribution is -2.56. The quantitative estimate of drug-likeness (QED) is 0.584. The molecule has 3 rings (SSSR count). The van der Waals surface area contributed by atoms with Gasteiger partial charge in [-0.2, -0.15) is 0 Å². The second-order valence-corrected chi connectivity index (χ2v) is 10.9.